The molecular formula is C12H13BrN2O3S. The Morgan fingerprint density at radius 2 is 1.84 bits per heavy atom. The Hall–Kier alpha value is -1.21. The summed E-state index contributed by atoms with van der Waals surface area (Å²) in [5.74, 6) is 0.104. The minimum absolute atomic E-state index is 0.104. The fourth-order valence-corrected chi connectivity index (χ4v) is 2.89. The van der Waals surface area contributed by atoms with Crippen molar-refractivity contribution in [1.29, 1.82) is 0 Å². The van der Waals surface area contributed by atoms with Crippen LogP contribution in [-0.2, 0) is 14.8 Å². The van der Waals surface area contributed by atoms with Crippen LogP contribution in [0.4, 0.5) is 0 Å². The normalized spacial score (nSPS) is 18.6. The SMILES string of the molecule is O=C1CCCC(=NNS(=O)(=O)c2ccc(Br)cc2)C1. The fraction of sp³-hybridized carbons (Fsp3) is 0.333. The van der Waals surface area contributed by atoms with E-state index in [0.717, 1.165) is 10.9 Å². The van der Waals surface area contributed by atoms with E-state index in [1.54, 1.807) is 12.1 Å². The van der Waals surface area contributed by atoms with Crippen molar-refractivity contribution in [3.63, 3.8) is 0 Å². The van der Waals surface area contributed by atoms with E-state index in [-0.39, 0.29) is 17.1 Å². The minimum Gasteiger partial charge on any atom is -0.299 e. The third kappa shape index (κ3) is 3.87. The number of carbonyl (C=O) groups is 1. The Morgan fingerprint density at radius 1 is 1.16 bits per heavy atom. The quantitative estimate of drug-likeness (QED) is 0.854. The van der Waals surface area contributed by atoms with Gasteiger partial charge < -0.3 is 0 Å². The summed E-state index contributed by atoms with van der Waals surface area (Å²) in [5, 5.41) is 3.85. The summed E-state index contributed by atoms with van der Waals surface area (Å²) < 4.78 is 24.7. The zero-order valence-corrected chi connectivity index (χ0v) is 12.5. The van der Waals surface area contributed by atoms with E-state index < -0.39 is 10.0 Å². The van der Waals surface area contributed by atoms with Gasteiger partial charge in [-0.2, -0.15) is 13.5 Å². The van der Waals surface area contributed by atoms with Gasteiger partial charge in [-0.05, 0) is 37.1 Å². The van der Waals surface area contributed by atoms with Crippen LogP contribution in [0.3, 0.4) is 0 Å². The number of carbonyl (C=O) groups excluding carboxylic acids is 1. The number of nitrogens with one attached hydrogen (secondary N) is 1. The summed E-state index contributed by atoms with van der Waals surface area (Å²) in [5.41, 5.74) is 0.594. The van der Waals surface area contributed by atoms with Crippen LogP contribution in [0.15, 0.2) is 38.7 Å². The van der Waals surface area contributed by atoms with Crippen molar-refractivity contribution in [1.82, 2.24) is 4.83 Å². The molecule has 19 heavy (non-hydrogen) atoms. The maximum Gasteiger partial charge on any atom is 0.276 e. The molecule has 0 amide bonds. The molecule has 0 aromatic heterocycles. The van der Waals surface area contributed by atoms with E-state index in [4.69, 9.17) is 0 Å². The van der Waals surface area contributed by atoms with Crippen molar-refractivity contribution in [2.45, 2.75) is 30.6 Å². The number of nitrogens with zero attached hydrogens (tertiary/aromatic N) is 1. The van der Waals surface area contributed by atoms with Gasteiger partial charge >= 0.3 is 0 Å². The molecule has 0 saturated heterocycles. The summed E-state index contributed by atoms with van der Waals surface area (Å²) in [7, 11) is -3.66. The monoisotopic (exact) mass is 344 g/mol. The van der Waals surface area contributed by atoms with E-state index in [2.05, 4.69) is 25.9 Å². The molecule has 0 atom stereocenters. The van der Waals surface area contributed by atoms with Crippen molar-refractivity contribution in [2.24, 2.45) is 5.10 Å². The predicted octanol–water partition coefficient (Wildman–Crippen LogP) is 2.23. The van der Waals surface area contributed by atoms with Crippen LogP contribution in [0, 0.1) is 0 Å². The number of sulfonamides is 1. The molecule has 5 nitrogen and oxygen atoms in total. The molecule has 0 unspecified atom stereocenters. The molecule has 0 heterocycles. The summed E-state index contributed by atoms with van der Waals surface area (Å²) >= 11 is 3.24. The number of benzene rings is 1. The smallest absolute Gasteiger partial charge is 0.276 e. The average molecular weight is 345 g/mol. The Kier molecular flexibility index (Phi) is 4.36. The molecule has 1 N–H and O–H groups in total. The molecular weight excluding hydrogens is 332 g/mol. The zero-order valence-electron chi connectivity index (χ0n) is 10.1. The summed E-state index contributed by atoms with van der Waals surface area (Å²) in [4.78, 5) is 13.6. The number of hydrogen-bond acceptors (Lipinski definition) is 4. The average Bonchev–Trinajstić information content (AvgIpc) is 2.37. The van der Waals surface area contributed by atoms with E-state index >= 15 is 0 Å². The maximum atomic E-state index is 11.9. The second kappa shape index (κ2) is 5.83. The Balaban J connectivity index is 2.11. The van der Waals surface area contributed by atoms with Crippen molar-refractivity contribution >= 4 is 37.4 Å². The largest absolute Gasteiger partial charge is 0.299 e. The predicted molar refractivity (Wildman–Crippen MR) is 75.4 cm³/mol. The lowest BCUT2D eigenvalue weighted by Gasteiger charge is -2.12. The van der Waals surface area contributed by atoms with Gasteiger partial charge in [0.2, 0.25) is 0 Å². The number of ketones is 1. The summed E-state index contributed by atoms with van der Waals surface area (Å²) in [6, 6.07) is 6.26. The van der Waals surface area contributed by atoms with Crippen molar-refractivity contribution in [3.05, 3.63) is 28.7 Å². The first-order valence-electron chi connectivity index (χ1n) is 5.82. The Morgan fingerprint density at radius 3 is 2.47 bits per heavy atom. The second-order valence-corrected chi connectivity index (χ2v) is 6.87. The molecule has 0 bridgehead atoms. The van der Waals surface area contributed by atoms with Crippen LogP contribution in [0.2, 0.25) is 0 Å². The molecule has 102 valence electrons. The molecule has 1 aliphatic carbocycles. The minimum atomic E-state index is -3.66. The highest BCUT2D eigenvalue weighted by atomic mass is 79.9. The van der Waals surface area contributed by atoms with E-state index in [1.165, 1.54) is 12.1 Å². The number of hydrazone groups is 1. The number of halogens is 1. The topological polar surface area (TPSA) is 75.6 Å². The molecule has 1 fully saturated rings. The highest BCUT2D eigenvalue weighted by Crippen LogP contribution is 2.15. The molecule has 0 spiro atoms. The fourth-order valence-electron chi connectivity index (χ4n) is 1.78. The molecule has 0 radical (unpaired) electrons. The van der Waals surface area contributed by atoms with Gasteiger partial charge in [0.1, 0.15) is 5.78 Å². The third-order valence-electron chi connectivity index (χ3n) is 2.77. The molecule has 1 aromatic carbocycles. The van der Waals surface area contributed by atoms with Crippen LogP contribution in [0.1, 0.15) is 25.7 Å². The molecule has 1 aliphatic rings. The zero-order chi connectivity index (χ0) is 13.9. The van der Waals surface area contributed by atoms with Crippen LogP contribution >= 0.6 is 15.9 Å². The number of hydrogen-bond donors (Lipinski definition) is 1. The highest BCUT2D eigenvalue weighted by molar-refractivity contribution is 9.10. The lowest BCUT2D eigenvalue weighted by atomic mass is 9.97. The van der Waals surface area contributed by atoms with E-state index in [9.17, 15) is 13.2 Å². The van der Waals surface area contributed by atoms with Gasteiger partial charge in [0.25, 0.3) is 10.0 Å². The van der Waals surface area contributed by atoms with Crippen molar-refractivity contribution < 1.29 is 13.2 Å². The second-order valence-electron chi connectivity index (χ2n) is 4.30. The third-order valence-corrected chi connectivity index (χ3v) is 4.52. The number of Topliss-reactive ketones (excluding diaryl/α,β-unsaturated/α-hetero) is 1. The van der Waals surface area contributed by atoms with Gasteiger partial charge in [0.15, 0.2) is 0 Å². The van der Waals surface area contributed by atoms with Gasteiger partial charge in [-0.3, -0.25) is 4.79 Å². The molecule has 1 aromatic rings. The highest BCUT2D eigenvalue weighted by Gasteiger charge is 2.17. The molecule has 1 saturated carbocycles. The number of rotatable bonds is 3. The van der Waals surface area contributed by atoms with Crippen LogP contribution in [0.25, 0.3) is 0 Å². The lowest BCUT2D eigenvalue weighted by molar-refractivity contribution is -0.118. The maximum absolute atomic E-state index is 11.9. The van der Waals surface area contributed by atoms with Gasteiger partial charge in [-0.25, -0.2) is 4.83 Å². The van der Waals surface area contributed by atoms with Gasteiger partial charge in [0.05, 0.1) is 4.90 Å². The van der Waals surface area contributed by atoms with Gasteiger partial charge in [-0.15, -0.1) is 0 Å². The first kappa shape index (κ1) is 14.2. The van der Waals surface area contributed by atoms with E-state index in [0.29, 0.717) is 18.6 Å². The van der Waals surface area contributed by atoms with Gasteiger partial charge in [-0.1, -0.05) is 15.9 Å². The van der Waals surface area contributed by atoms with E-state index in [1.807, 2.05) is 0 Å². The van der Waals surface area contributed by atoms with Crippen molar-refractivity contribution in [2.75, 3.05) is 0 Å². The Bertz CT molecular complexity index is 608. The molecule has 2 rings (SSSR count). The standard InChI is InChI=1S/C12H13BrN2O3S/c13-9-4-6-12(7-5-9)19(17,18)15-14-10-2-1-3-11(16)8-10/h4-7,15H,1-3,8H2. The summed E-state index contributed by atoms with van der Waals surface area (Å²) in [6.45, 7) is 0. The van der Waals surface area contributed by atoms with Crippen molar-refractivity contribution in [3.8, 4) is 0 Å². The Labute approximate surface area is 120 Å². The summed E-state index contributed by atoms with van der Waals surface area (Å²) in [6.07, 6.45) is 2.19. The van der Waals surface area contributed by atoms with Crippen LogP contribution in [-0.4, -0.2) is 19.9 Å². The first-order valence-corrected chi connectivity index (χ1v) is 8.09. The molecule has 0 aliphatic heterocycles. The van der Waals surface area contributed by atoms with Crippen LogP contribution < -0.4 is 4.83 Å². The lowest BCUT2D eigenvalue weighted by Crippen LogP contribution is -2.23. The van der Waals surface area contributed by atoms with Crippen LogP contribution in [0.5, 0.6) is 0 Å². The first-order chi connectivity index (χ1) is 8.97. The van der Waals surface area contributed by atoms with Gasteiger partial charge in [0, 0.05) is 23.0 Å². The molecule has 7 heteroatoms.